The van der Waals surface area contributed by atoms with E-state index in [9.17, 15) is 19.8 Å². The van der Waals surface area contributed by atoms with Crippen LogP contribution in [0.15, 0.2) is 24.3 Å². The van der Waals surface area contributed by atoms with E-state index in [2.05, 4.69) is 19.2 Å². The van der Waals surface area contributed by atoms with E-state index < -0.39 is 67.8 Å². The number of benzene rings is 2. The fraction of sp³-hybridized carbons (Fsp3) is 0.576. The normalized spacial score (nSPS) is 27.0. The molecule has 0 aliphatic carbocycles. The summed E-state index contributed by atoms with van der Waals surface area (Å²) in [6, 6.07) is 6.57. The van der Waals surface area contributed by atoms with Crippen LogP contribution in [-0.2, 0) is 35.1 Å². The summed E-state index contributed by atoms with van der Waals surface area (Å²) in [6.45, 7) is 4.64. The van der Waals surface area contributed by atoms with Gasteiger partial charge in [-0.25, -0.2) is 0 Å². The Labute approximate surface area is 282 Å². The number of ether oxygens (including phenoxy) is 7. The van der Waals surface area contributed by atoms with Crippen LogP contribution in [0.4, 0.5) is 0 Å². The third-order valence-corrected chi connectivity index (χ3v) is 8.61. The second kappa shape index (κ2) is 14.9. The molecule has 4 aliphatic heterocycles. The van der Waals surface area contributed by atoms with Gasteiger partial charge in [0, 0.05) is 29.3 Å². The maximum Gasteiger partial charge on any atom is 0.317 e. The zero-order valence-corrected chi connectivity index (χ0v) is 27.4. The van der Waals surface area contributed by atoms with E-state index in [1.54, 1.807) is 25.2 Å². The number of aliphatic carboxylic acids is 1. The molecule has 16 heteroatoms. The van der Waals surface area contributed by atoms with Crippen LogP contribution in [0.25, 0.3) is 0 Å². The van der Waals surface area contributed by atoms with Crippen molar-refractivity contribution in [2.24, 2.45) is 11.7 Å². The Bertz CT molecular complexity index is 1520. The lowest BCUT2D eigenvalue weighted by Crippen LogP contribution is -2.61. The summed E-state index contributed by atoms with van der Waals surface area (Å²) in [4.78, 5) is 33.9. The Kier molecular flexibility index (Phi) is 10.6. The zero-order valence-electron chi connectivity index (χ0n) is 27.4. The van der Waals surface area contributed by atoms with Crippen molar-refractivity contribution in [1.82, 2.24) is 5.32 Å². The van der Waals surface area contributed by atoms with Crippen molar-refractivity contribution in [3.05, 3.63) is 41.0 Å². The SMILES string of the molecule is CNCC(N)COC1OC(COC(=O)CC(=O)O)C(O)C(O)C1OOc1ccc2c(c1)C1Oc3c(cc4c(c3CC(C)C)OCO4)C1CO2. The smallest absolute Gasteiger partial charge is 0.317 e. The summed E-state index contributed by atoms with van der Waals surface area (Å²) in [5.74, 6) is 0.831. The molecule has 8 unspecified atom stereocenters. The third kappa shape index (κ3) is 7.50. The number of carbonyl (C=O) groups is 2. The number of esters is 1. The number of hydrogen-bond donors (Lipinski definition) is 5. The van der Waals surface area contributed by atoms with Crippen molar-refractivity contribution in [3.63, 3.8) is 0 Å². The van der Waals surface area contributed by atoms with Gasteiger partial charge in [0.1, 0.15) is 48.9 Å². The minimum absolute atomic E-state index is 0.0326. The van der Waals surface area contributed by atoms with E-state index in [0.29, 0.717) is 36.3 Å². The lowest BCUT2D eigenvalue weighted by Gasteiger charge is -2.41. The Morgan fingerprint density at radius 2 is 1.88 bits per heavy atom. The van der Waals surface area contributed by atoms with Gasteiger partial charge in [0.05, 0.1) is 19.1 Å². The standard InChI is InChI=1S/C33H42N2O14/c1-15(2)6-20-29-18(8-23-31(20)45-14-44-23)21-12-41-22-5-4-17(7-19(22)30(21)47-29)48-49-32-28(40)27(39)24(13-42-26(38)9-25(36)37)46-33(32)43-11-16(34)10-35-3/h4-5,7-8,15-16,21,24,27-28,30,32-33,35,39-40H,6,9-14,34H2,1-3H3,(H,36,37). The second-order valence-electron chi connectivity index (χ2n) is 12.8. The van der Waals surface area contributed by atoms with Gasteiger partial charge in [0.25, 0.3) is 0 Å². The van der Waals surface area contributed by atoms with Crippen molar-refractivity contribution < 1.29 is 67.8 Å². The lowest BCUT2D eigenvalue weighted by molar-refractivity contribution is -0.372. The van der Waals surface area contributed by atoms with Gasteiger partial charge in [-0.3, -0.25) is 9.59 Å². The molecule has 0 saturated carbocycles. The molecule has 16 nitrogen and oxygen atoms in total. The van der Waals surface area contributed by atoms with Crippen molar-refractivity contribution in [1.29, 1.82) is 0 Å². The molecular formula is C33H42N2O14. The summed E-state index contributed by atoms with van der Waals surface area (Å²) in [5, 5.41) is 33.6. The number of hydrogen-bond acceptors (Lipinski definition) is 15. The van der Waals surface area contributed by atoms with Crippen LogP contribution in [0.1, 0.15) is 49.0 Å². The number of carboxylic acids is 1. The molecule has 0 radical (unpaired) electrons. The fourth-order valence-corrected chi connectivity index (χ4v) is 6.35. The lowest BCUT2D eigenvalue weighted by atomic mass is 9.87. The minimum Gasteiger partial charge on any atom is -0.492 e. The predicted octanol–water partition coefficient (Wildman–Crippen LogP) is 0.930. The van der Waals surface area contributed by atoms with Crippen LogP contribution >= 0.6 is 0 Å². The highest BCUT2D eigenvalue weighted by Gasteiger charge is 2.48. The predicted molar refractivity (Wildman–Crippen MR) is 166 cm³/mol. The van der Waals surface area contributed by atoms with Gasteiger partial charge in [-0.1, -0.05) is 13.8 Å². The van der Waals surface area contributed by atoms with E-state index in [0.717, 1.165) is 28.9 Å². The van der Waals surface area contributed by atoms with E-state index in [1.165, 1.54) is 0 Å². The van der Waals surface area contributed by atoms with Crippen LogP contribution in [0.5, 0.6) is 28.7 Å². The first-order valence-corrected chi connectivity index (χ1v) is 16.2. The average Bonchev–Trinajstić information content (AvgIpc) is 3.69. The summed E-state index contributed by atoms with van der Waals surface area (Å²) >= 11 is 0. The molecule has 2 aromatic carbocycles. The first kappa shape index (κ1) is 34.9. The number of fused-ring (bicyclic) bond motifs is 6. The van der Waals surface area contributed by atoms with Gasteiger partial charge >= 0.3 is 11.9 Å². The summed E-state index contributed by atoms with van der Waals surface area (Å²) < 4.78 is 40.9. The average molecular weight is 691 g/mol. The molecule has 4 heterocycles. The van der Waals surface area contributed by atoms with E-state index >= 15 is 0 Å². The molecule has 8 atom stereocenters. The van der Waals surface area contributed by atoms with Crippen LogP contribution < -0.4 is 34.9 Å². The number of carboxylic acid groups (broad SMARTS) is 1. The molecule has 4 aliphatic rings. The largest absolute Gasteiger partial charge is 0.492 e. The molecular weight excluding hydrogens is 648 g/mol. The number of aliphatic hydroxyl groups is 2. The van der Waals surface area contributed by atoms with Gasteiger partial charge in [-0.2, -0.15) is 4.89 Å². The van der Waals surface area contributed by atoms with Crippen LogP contribution in [0, 0.1) is 5.92 Å². The van der Waals surface area contributed by atoms with Crippen LogP contribution in [0.2, 0.25) is 0 Å². The number of likely N-dealkylation sites (N-methyl/N-ethyl adjacent to an activating group) is 1. The van der Waals surface area contributed by atoms with Crippen LogP contribution in [0.3, 0.4) is 0 Å². The zero-order chi connectivity index (χ0) is 34.8. The quantitative estimate of drug-likeness (QED) is 0.0806. The molecule has 0 bridgehead atoms. The van der Waals surface area contributed by atoms with Gasteiger partial charge in [0.2, 0.25) is 6.79 Å². The molecule has 1 fully saturated rings. The van der Waals surface area contributed by atoms with Crippen molar-refractivity contribution >= 4 is 11.9 Å². The second-order valence-corrected chi connectivity index (χ2v) is 12.8. The molecule has 6 N–H and O–H groups in total. The first-order valence-electron chi connectivity index (χ1n) is 16.2. The molecule has 0 amide bonds. The van der Waals surface area contributed by atoms with E-state index in [1.807, 2.05) is 6.07 Å². The third-order valence-electron chi connectivity index (χ3n) is 8.61. The molecule has 1 saturated heterocycles. The summed E-state index contributed by atoms with van der Waals surface area (Å²) in [6.07, 6.45) is -7.75. The highest BCUT2D eigenvalue weighted by atomic mass is 17.2. The van der Waals surface area contributed by atoms with Crippen molar-refractivity contribution in [2.75, 3.05) is 40.2 Å². The molecule has 268 valence electrons. The van der Waals surface area contributed by atoms with Crippen LogP contribution in [-0.4, -0.2) is 104 Å². The summed E-state index contributed by atoms with van der Waals surface area (Å²) in [5.41, 5.74) is 8.73. The fourth-order valence-electron chi connectivity index (χ4n) is 6.35. The van der Waals surface area contributed by atoms with Gasteiger partial charge in [-0.15, -0.1) is 0 Å². The van der Waals surface area contributed by atoms with Gasteiger partial charge < -0.3 is 64.4 Å². The van der Waals surface area contributed by atoms with Gasteiger partial charge in [-0.05, 0) is 43.7 Å². The minimum atomic E-state index is -1.63. The van der Waals surface area contributed by atoms with E-state index in [4.69, 9.17) is 53.8 Å². The van der Waals surface area contributed by atoms with Crippen molar-refractivity contribution in [3.8, 4) is 28.7 Å². The Balaban J connectivity index is 1.18. The molecule has 0 spiro atoms. The molecule has 0 aromatic heterocycles. The monoisotopic (exact) mass is 690 g/mol. The number of nitrogens with one attached hydrogen (secondary N) is 1. The Morgan fingerprint density at radius 1 is 1.06 bits per heavy atom. The number of carbonyl (C=O) groups excluding carboxylic acids is 1. The van der Waals surface area contributed by atoms with E-state index in [-0.39, 0.29) is 25.1 Å². The molecule has 49 heavy (non-hydrogen) atoms. The summed E-state index contributed by atoms with van der Waals surface area (Å²) in [7, 11) is 1.72. The van der Waals surface area contributed by atoms with Gasteiger partial charge in [0.15, 0.2) is 29.6 Å². The van der Waals surface area contributed by atoms with Crippen molar-refractivity contribution in [2.45, 2.75) is 75.5 Å². The Morgan fingerprint density at radius 3 is 2.63 bits per heavy atom. The first-order chi connectivity index (χ1) is 23.5. The Hall–Kier alpha value is -3.90. The topological polar surface area (TPSA) is 216 Å². The maximum atomic E-state index is 11.8. The molecule has 6 rings (SSSR count). The maximum absolute atomic E-state index is 11.8. The number of nitrogens with two attached hydrogens (primary N) is 1. The highest BCUT2D eigenvalue weighted by molar-refractivity contribution is 5.90. The number of aliphatic hydroxyl groups excluding tert-OH is 2. The highest BCUT2D eigenvalue weighted by Crippen LogP contribution is 2.57. The molecule has 2 aromatic rings. The number of rotatable bonds is 14.